The molecule has 7 heteroatoms. The molecular formula is C28H26FN5O. The van der Waals surface area contributed by atoms with E-state index in [1.54, 1.807) is 18.3 Å². The van der Waals surface area contributed by atoms with Crippen molar-refractivity contribution in [2.24, 2.45) is 4.99 Å². The number of rotatable bonds is 4. The molecular weight excluding hydrogens is 441 g/mol. The lowest BCUT2D eigenvalue weighted by Crippen LogP contribution is -2.42. The zero-order valence-corrected chi connectivity index (χ0v) is 19.6. The van der Waals surface area contributed by atoms with E-state index in [0.717, 1.165) is 53.9 Å². The molecule has 1 amide bonds. The predicted octanol–water partition coefficient (Wildman–Crippen LogP) is 4.76. The van der Waals surface area contributed by atoms with Crippen LogP contribution in [-0.4, -0.2) is 47.7 Å². The minimum Gasteiger partial charge on any atom is -0.382 e. The molecule has 176 valence electrons. The summed E-state index contributed by atoms with van der Waals surface area (Å²) >= 11 is 0. The highest BCUT2D eigenvalue weighted by atomic mass is 19.1. The maximum absolute atomic E-state index is 13.9. The Bertz CT molecular complexity index is 1330. The molecule has 1 saturated heterocycles. The van der Waals surface area contributed by atoms with Crippen LogP contribution in [0.3, 0.4) is 0 Å². The molecule has 2 aromatic carbocycles. The molecule has 6 nitrogen and oxygen atoms in total. The summed E-state index contributed by atoms with van der Waals surface area (Å²) < 4.78 is 13.9. The third kappa shape index (κ3) is 4.78. The standard InChI is InChI=1S/C28H26FN5O/c1-18-2-3-21(16-32-18)28(35)34-10-7-24(8-11-34)33-27-14-22(13-20-6-9-31-17-25(20)27)19-4-5-26(29)23(12-19)15-30/h2-5,12-14,16-17,24,33H,6-11H2,1H3. The number of carbonyl (C=O) groups excluding carboxylic acids is 1. The summed E-state index contributed by atoms with van der Waals surface area (Å²) in [7, 11) is 0. The highest BCUT2D eigenvalue weighted by Crippen LogP contribution is 2.32. The number of aryl methyl sites for hydroxylation is 1. The van der Waals surface area contributed by atoms with Crippen molar-refractivity contribution >= 4 is 17.8 Å². The Morgan fingerprint density at radius 3 is 2.71 bits per heavy atom. The number of nitrogens with zero attached hydrogens (tertiary/aromatic N) is 4. The van der Waals surface area contributed by atoms with Crippen LogP contribution in [0.15, 0.2) is 53.7 Å². The first-order chi connectivity index (χ1) is 17.0. The van der Waals surface area contributed by atoms with Crippen LogP contribution >= 0.6 is 0 Å². The Morgan fingerprint density at radius 2 is 1.97 bits per heavy atom. The number of piperidine rings is 1. The van der Waals surface area contributed by atoms with Crippen LogP contribution in [0, 0.1) is 24.1 Å². The summed E-state index contributed by atoms with van der Waals surface area (Å²) in [5.74, 6) is -0.491. The fraction of sp³-hybridized carbons (Fsp3) is 0.286. The maximum atomic E-state index is 13.9. The van der Waals surface area contributed by atoms with Crippen molar-refractivity contribution in [2.45, 2.75) is 32.2 Å². The Kier molecular flexibility index (Phi) is 6.28. The van der Waals surface area contributed by atoms with Gasteiger partial charge < -0.3 is 10.2 Å². The molecule has 1 aromatic heterocycles. The Hall–Kier alpha value is -4.05. The van der Waals surface area contributed by atoms with Gasteiger partial charge in [0.15, 0.2) is 0 Å². The number of likely N-dealkylation sites (tertiary alicyclic amines) is 1. The molecule has 0 atom stereocenters. The van der Waals surface area contributed by atoms with E-state index in [0.29, 0.717) is 18.7 Å². The van der Waals surface area contributed by atoms with Gasteiger partial charge in [-0.3, -0.25) is 14.8 Å². The first kappa shape index (κ1) is 22.7. The van der Waals surface area contributed by atoms with Gasteiger partial charge in [0.25, 0.3) is 5.91 Å². The Balaban J connectivity index is 1.34. The van der Waals surface area contributed by atoms with E-state index < -0.39 is 5.82 Å². The molecule has 0 aliphatic carbocycles. The van der Waals surface area contributed by atoms with Gasteiger partial charge in [0.05, 0.1) is 11.1 Å². The van der Waals surface area contributed by atoms with Gasteiger partial charge in [-0.1, -0.05) is 12.1 Å². The number of benzene rings is 2. The molecule has 5 rings (SSSR count). The third-order valence-corrected chi connectivity index (χ3v) is 6.72. The van der Waals surface area contributed by atoms with Crippen molar-refractivity contribution in [2.75, 3.05) is 25.0 Å². The normalized spacial score (nSPS) is 15.4. The summed E-state index contributed by atoms with van der Waals surface area (Å²) in [4.78, 5) is 23.4. The highest BCUT2D eigenvalue weighted by molar-refractivity contribution is 5.94. The molecule has 35 heavy (non-hydrogen) atoms. The van der Waals surface area contributed by atoms with Gasteiger partial charge in [0, 0.05) is 55.0 Å². The topological polar surface area (TPSA) is 81.4 Å². The number of amides is 1. The van der Waals surface area contributed by atoms with Crippen LogP contribution < -0.4 is 5.32 Å². The fourth-order valence-corrected chi connectivity index (χ4v) is 4.71. The predicted molar refractivity (Wildman–Crippen MR) is 134 cm³/mol. The van der Waals surface area contributed by atoms with Gasteiger partial charge in [0.2, 0.25) is 0 Å². The summed E-state index contributed by atoms with van der Waals surface area (Å²) in [5.41, 5.74) is 6.54. The minimum atomic E-state index is -0.512. The van der Waals surface area contributed by atoms with Crippen molar-refractivity contribution in [3.8, 4) is 17.2 Å². The first-order valence-electron chi connectivity index (χ1n) is 11.9. The molecule has 0 radical (unpaired) electrons. The number of anilines is 1. The number of aliphatic imine (C=N–C) groups is 1. The number of pyridine rings is 1. The van der Waals surface area contributed by atoms with Crippen LogP contribution in [-0.2, 0) is 6.42 Å². The molecule has 2 aliphatic rings. The van der Waals surface area contributed by atoms with Gasteiger partial charge >= 0.3 is 0 Å². The lowest BCUT2D eigenvalue weighted by molar-refractivity contribution is 0.0718. The smallest absolute Gasteiger partial charge is 0.255 e. The number of halogens is 1. The summed E-state index contributed by atoms with van der Waals surface area (Å²) in [6.45, 7) is 3.98. The van der Waals surface area contributed by atoms with E-state index in [9.17, 15) is 14.4 Å². The number of fused-ring (bicyclic) bond motifs is 1. The van der Waals surface area contributed by atoms with Crippen molar-refractivity contribution in [1.29, 1.82) is 5.26 Å². The first-order valence-corrected chi connectivity index (χ1v) is 11.9. The molecule has 1 fully saturated rings. The average molecular weight is 468 g/mol. The average Bonchev–Trinajstić information content (AvgIpc) is 2.89. The van der Waals surface area contributed by atoms with Crippen molar-refractivity contribution < 1.29 is 9.18 Å². The van der Waals surface area contributed by atoms with E-state index in [1.807, 2.05) is 36.2 Å². The SMILES string of the molecule is Cc1ccc(C(=O)N2CCC(Nc3cc(-c4ccc(F)c(C#N)c4)cc4c3C=NCC4)CC2)cn1. The van der Waals surface area contributed by atoms with E-state index in [1.165, 1.54) is 11.6 Å². The number of aromatic nitrogens is 1. The van der Waals surface area contributed by atoms with E-state index in [-0.39, 0.29) is 17.5 Å². The second-order valence-electron chi connectivity index (χ2n) is 9.09. The molecule has 3 heterocycles. The summed E-state index contributed by atoms with van der Waals surface area (Å²) in [6, 6.07) is 14.7. The molecule has 0 saturated carbocycles. The molecule has 3 aromatic rings. The number of nitrogens with one attached hydrogen (secondary N) is 1. The molecule has 0 spiro atoms. The second kappa shape index (κ2) is 9.67. The minimum absolute atomic E-state index is 0.0204. The number of hydrogen-bond acceptors (Lipinski definition) is 5. The monoisotopic (exact) mass is 467 g/mol. The van der Waals surface area contributed by atoms with Crippen LogP contribution in [0.5, 0.6) is 0 Å². The second-order valence-corrected chi connectivity index (χ2v) is 9.09. The number of carbonyl (C=O) groups is 1. The Labute approximate surface area is 204 Å². The van der Waals surface area contributed by atoms with Gasteiger partial charge in [-0.15, -0.1) is 0 Å². The molecule has 2 aliphatic heterocycles. The third-order valence-electron chi connectivity index (χ3n) is 6.72. The van der Waals surface area contributed by atoms with E-state index >= 15 is 0 Å². The fourth-order valence-electron chi connectivity index (χ4n) is 4.71. The van der Waals surface area contributed by atoms with Crippen LogP contribution in [0.1, 0.15) is 45.6 Å². The lowest BCUT2D eigenvalue weighted by Gasteiger charge is -2.33. The van der Waals surface area contributed by atoms with Crippen LogP contribution in [0.2, 0.25) is 0 Å². The van der Waals surface area contributed by atoms with Gasteiger partial charge in [0.1, 0.15) is 11.9 Å². The number of hydrogen-bond donors (Lipinski definition) is 1. The Morgan fingerprint density at radius 1 is 1.14 bits per heavy atom. The maximum Gasteiger partial charge on any atom is 0.255 e. The largest absolute Gasteiger partial charge is 0.382 e. The van der Waals surface area contributed by atoms with Crippen molar-refractivity contribution in [3.05, 3.63) is 82.4 Å². The van der Waals surface area contributed by atoms with Crippen LogP contribution in [0.25, 0.3) is 11.1 Å². The summed E-state index contributed by atoms with van der Waals surface area (Å²) in [5, 5.41) is 12.9. The van der Waals surface area contributed by atoms with Gasteiger partial charge in [-0.2, -0.15) is 5.26 Å². The molecule has 0 unspecified atom stereocenters. The van der Waals surface area contributed by atoms with Gasteiger partial charge in [-0.25, -0.2) is 4.39 Å². The quantitative estimate of drug-likeness (QED) is 0.600. The molecule has 1 N–H and O–H groups in total. The molecule has 0 bridgehead atoms. The van der Waals surface area contributed by atoms with E-state index in [4.69, 9.17) is 0 Å². The highest BCUT2D eigenvalue weighted by Gasteiger charge is 2.25. The van der Waals surface area contributed by atoms with Crippen molar-refractivity contribution in [1.82, 2.24) is 9.88 Å². The lowest BCUT2D eigenvalue weighted by atomic mass is 9.93. The number of nitriles is 1. The summed E-state index contributed by atoms with van der Waals surface area (Å²) in [6.07, 6.45) is 6.05. The zero-order valence-electron chi connectivity index (χ0n) is 19.6. The van der Waals surface area contributed by atoms with Gasteiger partial charge in [-0.05, 0) is 73.2 Å². The van der Waals surface area contributed by atoms with Crippen LogP contribution in [0.4, 0.5) is 10.1 Å². The van der Waals surface area contributed by atoms with E-state index in [2.05, 4.69) is 27.4 Å². The zero-order chi connectivity index (χ0) is 24.4. The van der Waals surface area contributed by atoms with Crippen molar-refractivity contribution in [3.63, 3.8) is 0 Å².